The summed E-state index contributed by atoms with van der Waals surface area (Å²) in [7, 11) is 0. The Morgan fingerprint density at radius 3 is 2.38 bits per heavy atom. The van der Waals surface area contributed by atoms with Gasteiger partial charge in [0, 0.05) is 55.3 Å². The van der Waals surface area contributed by atoms with Gasteiger partial charge in [0.2, 0.25) is 0 Å². The maximum Gasteiger partial charge on any atom is 0.256 e. The van der Waals surface area contributed by atoms with Crippen molar-refractivity contribution in [2.24, 2.45) is 0 Å². The van der Waals surface area contributed by atoms with Crippen molar-refractivity contribution in [2.45, 2.75) is 18.9 Å². The average molecular weight is 554 g/mol. The van der Waals surface area contributed by atoms with Crippen LogP contribution in [0.1, 0.15) is 21.5 Å². The Morgan fingerprint density at radius 2 is 1.58 bits per heavy atom. The van der Waals surface area contributed by atoms with Gasteiger partial charge in [0.1, 0.15) is 0 Å². The van der Waals surface area contributed by atoms with Gasteiger partial charge in [-0.1, -0.05) is 54.6 Å². The average Bonchev–Trinajstić information content (AvgIpc) is 3.02. The Balaban J connectivity index is 0.00000196. The predicted octanol–water partition coefficient (Wildman–Crippen LogP) is 5.13. The monoisotopic (exact) mass is 554 g/mol. The van der Waals surface area contributed by atoms with E-state index in [1.165, 1.54) is 11.1 Å². The largest absolute Gasteiger partial charge is 0.674 e. The quantitative estimate of drug-likeness (QED) is 0.480. The molecule has 0 saturated carbocycles. The van der Waals surface area contributed by atoms with Gasteiger partial charge in [0.05, 0.1) is 0 Å². The summed E-state index contributed by atoms with van der Waals surface area (Å²) in [5.41, 5.74) is 13.7. The van der Waals surface area contributed by atoms with Crippen molar-refractivity contribution in [2.75, 3.05) is 5.32 Å². The molecule has 0 aliphatic heterocycles. The maximum atomic E-state index is 12.8. The van der Waals surface area contributed by atoms with Crippen molar-refractivity contribution >= 4 is 11.6 Å². The fraction of sp³-hybridized carbons (Fsp3) is 0.136. The molecule has 4 heteroatoms. The first kappa shape index (κ1) is 19.3. The standard InChI is InChI=1S/C22H19N2O.Ac/c23-18-12-16-10-11-19(14-17(16)13-18)24-22(25)21-9-5-4-8-20(21)15-6-2-1-3-7-15;/h1-11,14,18,23H,12-13H2,(H,24,25);/q-1;. The Labute approximate surface area is 189 Å². The van der Waals surface area contributed by atoms with E-state index in [-0.39, 0.29) is 56.0 Å². The molecule has 0 fully saturated rings. The number of rotatable bonds is 3. The van der Waals surface area contributed by atoms with E-state index in [1.54, 1.807) is 0 Å². The summed E-state index contributed by atoms with van der Waals surface area (Å²) in [6.07, 6.45) is 1.57. The number of fused-ring (bicyclic) bond motifs is 1. The Kier molecular flexibility index (Phi) is 6.29. The van der Waals surface area contributed by atoms with Crippen LogP contribution in [0.15, 0.2) is 72.8 Å². The van der Waals surface area contributed by atoms with E-state index in [9.17, 15) is 4.79 Å². The maximum absolute atomic E-state index is 12.8. The first-order valence-corrected chi connectivity index (χ1v) is 8.49. The number of hydrogen-bond acceptors (Lipinski definition) is 1. The molecule has 127 valence electrons. The Morgan fingerprint density at radius 1 is 0.885 bits per heavy atom. The molecule has 0 aromatic heterocycles. The summed E-state index contributed by atoms with van der Waals surface area (Å²) >= 11 is 0. The third-order valence-electron chi connectivity index (χ3n) is 4.65. The van der Waals surface area contributed by atoms with Crippen LogP contribution in [0.25, 0.3) is 16.9 Å². The Bertz CT molecular complexity index is 924. The van der Waals surface area contributed by atoms with Crippen LogP contribution in [0.2, 0.25) is 0 Å². The minimum Gasteiger partial charge on any atom is -0.674 e. The van der Waals surface area contributed by atoms with Gasteiger partial charge in [0.15, 0.2) is 0 Å². The zero-order valence-corrected chi connectivity index (χ0v) is 19.2. The molecule has 1 atom stereocenters. The van der Waals surface area contributed by atoms with Gasteiger partial charge in [-0.05, 0) is 53.3 Å². The van der Waals surface area contributed by atoms with Crippen molar-refractivity contribution in [3.8, 4) is 11.1 Å². The smallest absolute Gasteiger partial charge is 0.256 e. The second-order valence-electron chi connectivity index (χ2n) is 6.45. The number of benzene rings is 3. The van der Waals surface area contributed by atoms with Gasteiger partial charge in [-0.25, -0.2) is 0 Å². The van der Waals surface area contributed by atoms with E-state index in [0.29, 0.717) is 5.56 Å². The number of carbonyl (C=O) groups excluding carboxylic acids is 1. The van der Waals surface area contributed by atoms with E-state index in [0.717, 1.165) is 29.7 Å². The molecule has 0 spiro atoms. The van der Waals surface area contributed by atoms with Crippen molar-refractivity contribution in [3.63, 3.8) is 0 Å². The molecule has 1 amide bonds. The van der Waals surface area contributed by atoms with E-state index >= 15 is 0 Å². The second kappa shape index (κ2) is 8.48. The van der Waals surface area contributed by atoms with Gasteiger partial charge in [-0.2, -0.15) is 0 Å². The van der Waals surface area contributed by atoms with Gasteiger partial charge in [0.25, 0.3) is 5.91 Å². The number of anilines is 1. The van der Waals surface area contributed by atoms with Crippen LogP contribution >= 0.6 is 0 Å². The zero-order valence-electron chi connectivity index (χ0n) is 14.4. The molecular weight excluding hydrogens is 535 g/mol. The van der Waals surface area contributed by atoms with Gasteiger partial charge >= 0.3 is 0 Å². The molecule has 0 heterocycles. The minimum atomic E-state index is -0.111. The molecule has 1 aliphatic rings. The topological polar surface area (TPSA) is 52.9 Å². The van der Waals surface area contributed by atoms with Gasteiger partial charge in [-0.15, -0.1) is 6.04 Å². The number of carbonyl (C=O) groups is 1. The van der Waals surface area contributed by atoms with Crippen LogP contribution in [0.5, 0.6) is 0 Å². The summed E-state index contributed by atoms with van der Waals surface area (Å²) < 4.78 is 0. The molecule has 0 saturated heterocycles. The summed E-state index contributed by atoms with van der Waals surface area (Å²) in [4.78, 5) is 12.8. The normalized spacial score (nSPS) is 15.0. The van der Waals surface area contributed by atoms with E-state index in [4.69, 9.17) is 5.73 Å². The summed E-state index contributed by atoms with van der Waals surface area (Å²) in [6.45, 7) is 0. The second-order valence-corrected chi connectivity index (χ2v) is 6.45. The molecule has 1 aliphatic carbocycles. The van der Waals surface area contributed by atoms with Crippen LogP contribution < -0.4 is 5.32 Å². The molecular formula is C22H19AcN2O-. The van der Waals surface area contributed by atoms with Crippen molar-refractivity contribution < 1.29 is 48.9 Å². The number of amides is 1. The molecule has 3 aromatic rings. The molecule has 4 rings (SSSR count). The summed E-state index contributed by atoms with van der Waals surface area (Å²) in [6, 6.07) is 23.5. The Hall–Kier alpha value is -1.47. The fourth-order valence-corrected chi connectivity index (χ4v) is 3.44. The van der Waals surface area contributed by atoms with Gasteiger partial charge < -0.3 is 11.1 Å². The predicted molar refractivity (Wildman–Crippen MR) is 102 cm³/mol. The molecule has 26 heavy (non-hydrogen) atoms. The first-order valence-electron chi connectivity index (χ1n) is 8.49. The van der Waals surface area contributed by atoms with Crippen molar-refractivity contribution in [3.05, 3.63) is 95.2 Å². The van der Waals surface area contributed by atoms with Crippen LogP contribution in [-0.2, 0) is 12.8 Å². The first-order chi connectivity index (χ1) is 12.2. The zero-order chi connectivity index (χ0) is 17.2. The molecule has 1 unspecified atom stereocenters. The number of nitrogens with one attached hydrogen (secondary N) is 2. The summed E-state index contributed by atoms with van der Waals surface area (Å²) in [5.74, 6) is -0.111. The van der Waals surface area contributed by atoms with E-state index in [2.05, 4.69) is 5.32 Å². The minimum absolute atomic E-state index is 0. The van der Waals surface area contributed by atoms with Crippen LogP contribution in [0.3, 0.4) is 0 Å². The molecule has 1 radical (unpaired) electrons. The molecule has 2 N–H and O–H groups in total. The van der Waals surface area contributed by atoms with Crippen LogP contribution in [0.4, 0.5) is 5.69 Å². The third kappa shape index (κ3) is 4.09. The van der Waals surface area contributed by atoms with Crippen molar-refractivity contribution in [1.82, 2.24) is 0 Å². The SMILES string of the molecule is [Ac].[NH-]C1Cc2ccc(NC(=O)c3ccccc3-c3ccccc3)cc2C1. The van der Waals surface area contributed by atoms with Crippen molar-refractivity contribution in [1.29, 1.82) is 0 Å². The van der Waals surface area contributed by atoms with E-state index in [1.807, 2.05) is 72.8 Å². The third-order valence-corrected chi connectivity index (χ3v) is 4.65. The summed E-state index contributed by atoms with van der Waals surface area (Å²) in [5, 5.41) is 3.01. The molecule has 0 bridgehead atoms. The van der Waals surface area contributed by atoms with Crippen LogP contribution in [-0.4, -0.2) is 11.9 Å². The molecule has 3 aromatic carbocycles. The van der Waals surface area contributed by atoms with Gasteiger partial charge in [-0.3, -0.25) is 4.79 Å². The van der Waals surface area contributed by atoms with Crippen LogP contribution in [0, 0.1) is 44.1 Å². The number of hydrogen-bond donors (Lipinski definition) is 1. The molecule has 3 nitrogen and oxygen atoms in total. The fourth-order valence-electron chi connectivity index (χ4n) is 3.44. The van der Waals surface area contributed by atoms with E-state index < -0.39 is 0 Å².